The Morgan fingerprint density at radius 1 is 1.67 bits per heavy atom. The van der Waals surface area contributed by atoms with E-state index in [9.17, 15) is 0 Å². The van der Waals surface area contributed by atoms with Gasteiger partial charge in [0.25, 0.3) is 0 Å². The molecule has 1 aromatic rings. The van der Waals surface area contributed by atoms with Gasteiger partial charge in [-0.15, -0.1) is 0 Å². The topological polar surface area (TPSA) is 40.7 Å². The second kappa shape index (κ2) is 3.27. The molecule has 0 bridgehead atoms. The first-order chi connectivity index (χ1) is 5.90. The number of nitrogens with one attached hydrogen (secondary N) is 2. The second-order valence-corrected chi connectivity index (χ2v) is 3.44. The molecule has 0 unspecified atom stereocenters. The van der Waals surface area contributed by atoms with Crippen molar-refractivity contribution in [1.29, 1.82) is 0 Å². The molecule has 3 nitrogen and oxygen atoms in total. The molecule has 12 heavy (non-hydrogen) atoms. The molecule has 0 saturated heterocycles. The third kappa shape index (κ3) is 1.37. The molecule has 0 aromatic carbocycles. The maximum absolute atomic E-state index is 4.29. The van der Waals surface area contributed by atoms with Crippen LogP contribution >= 0.6 is 0 Å². The molecule has 0 amide bonds. The van der Waals surface area contributed by atoms with Crippen molar-refractivity contribution < 1.29 is 0 Å². The van der Waals surface area contributed by atoms with Crippen molar-refractivity contribution in [2.75, 3.05) is 7.05 Å². The second-order valence-electron chi connectivity index (χ2n) is 3.44. The van der Waals surface area contributed by atoms with Gasteiger partial charge in [0, 0.05) is 17.8 Å². The molecule has 0 atom stereocenters. The van der Waals surface area contributed by atoms with Gasteiger partial charge >= 0.3 is 0 Å². The Bertz CT molecular complexity index is 250. The average molecular weight is 165 g/mol. The first-order valence-corrected chi connectivity index (χ1v) is 4.58. The molecule has 2 N–H and O–H groups in total. The van der Waals surface area contributed by atoms with Crippen molar-refractivity contribution in [3.05, 3.63) is 17.7 Å². The van der Waals surface area contributed by atoms with Crippen molar-refractivity contribution in [2.45, 2.75) is 31.7 Å². The summed E-state index contributed by atoms with van der Waals surface area (Å²) in [6.45, 7) is 0.840. The van der Waals surface area contributed by atoms with E-state index in [2.05, 4.69) is 15.3 Å². The van der Waals surface area contributed by atoms with Gasteiger partial charge in [-0.3, -0.25) is 0 Å². The molecule has 0 spiro atoms. The van der Waals surface area contributed by atoms with Crippen LogP contribution in [0.5, 0.6) is 0 Å². The average Bonchev–Trinajstić information content (AvgIpc) is 2.34. The summed E-state index contributed by atoms with van der Waals surface area (Å²) in [5.74, 6) is 1.82. The Labute approximate surface area is 72.6 Å². The lowest BCUT2D eigenvalue weighted by Crippen LogP contribution is -2.10. The van der Waals surface area contributed by atoms with Gasteiger partial charge in [-0.05, 0) is 19.9 Å². The summed E-state index contributed by atoms with van der Waals surface area (Å²) in [5, 5.41) is 3.08. The third-order valence-corrected chi connectivity index (χ3v) is 2.54. The predicted octanol–water partition coefficient (Wildman–Crippen LogP) is 1.40. The molecule has 0 aliphatic heterocycles. The molecule has 3 heteroatoms. The van der Waals surface area contributed by atoms with Crippen molar-refractivity contribution in [3.63, 3.8) is 0 Å². The van der Waals surface area contributed by atoms with Crippen LogP contribution in [0.3, 0.4) is 0 Å². The Kier molecular flexibility index (Phi) is 2.13. The molecule has 2 rings (SSSR count). The Morgan fingerprint density at radius 2 is 2.50 bits per heavy atom. The summed E-state index contributed by atoms with van der Waals surface area (Å²) in [7, 11) is 1.94. The molecule has 1 saturated carbocycles. The summed E-state index contributed by atoms with van der Waals surface area (Å²) in [5.41, 5.74) is 1.33. The molecule has 1 aliphatic carbocycles. The molecule has 66 valence electrons. The Balaban J connectivity index is 2.02. The van der Waals surface area contributed by atoms with Gasteiger partial charge in [-0.25, -0.2) is 4.98 Å². The lowest BCUT2D eigenvalue weighted by atomic mass is 9.83. The number of hydrogen-bond acceptors (Lipinski definition) is 2. The van der Waals surface area contributed by atoms with Gasteiger partial charge in [-0.1, -0.05) is 6.42 Å². The van der Waals surface area contributed by atoms with Crippen LogP contribution in [0.4, 0.5) is 0 Å². The first kappa shape index (κ1) is 7.80. The van der Waals surface area contributed by atoms with Gasteiger partial charge in [-0.2, -0.15) is 0 Å². The minimum atomic E-state index is 0.767. The van der Waals surface area contributed by atoms with Crippen LogP contribution in [0, 0.1) is 0 Å². The van der Waals surface area contributed by atoms with Crippen LogP contribution in [0.25, 0.3) is 0 Å². The summed E-state index contributed by atoms with van der Waals surface area (Å²) >= 11 is 0. The van der Waals surface area contributed by atoms with Crippen molar-refractivity contribution in [1.82, 2.24) is 15.3 Å². The van der Waals surface area contributed by atoms with Crippen molar-refractivity contribution in [3.8, 4) is 0 Å². The highest BCUT2D eigenvalue weighted by molar-refractivity contribution is 5.10. The summed E-state index contributed by atoms with van der Waals surface area (Å²) in [6, 6.07) is 0. The van der Waals surface area contributed by atoms with Crippen LogP contribution in [0.2, 0.25) is 0 Å². The Morgan fingerprint density at radius 3 is 3.08 bits per heavy atom. The number of H-pyrrole nitrogens is 1. The quantitative estimate of drug-likeness (QED) is 0.710. The number of hydrogen-bond donors (Lipinski definition) is 2. The monoisotopic (exact) mass is 165 g/mol. The minimum Gasteiger partial charge on any atom is -0.345 e. The van der Waals surface area contributed by atoms with Gasteiger partial charge in [0.15, 0.2) is 0 Å². The van der Waals surface area contributed by atoms with Gasteiger partial charge in [0.05, 0.1) is 6.54 Å². The fourth-order valence-electron chi connectivity index (χ4n) is 1.56. The van der Waals surface area contributed by atoms with E-state index in [1.54, 1.807) is 0 Å². The molecule has 0 radical (unpaired) electrons. The highest BCUT2D eigenvalue weighted by Crippen LogP contribution is 2.34. The number of aromatic nitrogens is 2. The van der Waals surface area contributed by atoms with Gasteiger partial charge in [0.2, 0.25) is 0 Å². The number of imidazole rings is 1. The van der Waals surface area contributed by atoms with E-state index < -0.39 is 0 Å². The highest BCUT2D eigenvalue weighted by Gasteiger charge is 2.20. The summed E-state index contributed by atoms with van der Waals surface area (Å²) in [6.07, 6.45) is 6.03. The van der Waals surface area contributed by atoms with E-state index in [-0.39, 0.29) is 0 Å². The van der Waals surface area contributed by atoms with E-state index in [4.69, 9.17) is 0 Å². The van der Waals surface area contributed by atoms with Crippen LogP contribution in [-0.2, 0) is 6.54 Å². The van der Waals surface area contributed by atoms with E-state index >= 15 is 0 Å². The maximum Gasteiger partial charge on any atom is 0.120 e. The van der Waals surface area contributed by atoms with Crippen LogP contribution in [0.1, 0.15) is 36.7 Å². The zero-order valence-electron chi connectivity index (χ0n) is 7.43. The predicted molar refractivity (Wildman–Crippen MR) is 47.9 cm³/mol. The smallest absolute Gasteiger partial charge is 0.120 e. The number of aromatic amines is 1. The maximum atomic E-state index is 4.29. The standard InChI is InChI=1S/C9H15N3/c1-10-6-9-11-5-8(12-9)7-3-2-4-7/h5,7,10H,2-4,6H2,1H3,(H,11,12). The fourth-order valence-corrected chi connectivity index (χ4v) is 1.56. The number of nitrogens with zero attached hydrogens (tertiary/aromatic N) is 1. The normalized spacial score (nSPS) is 17.8. The van der Waals surface area contributed by atoms with E-state index in [0.29, 0.717) is 0 Å². The van der Waals surface area contributed by atoms with E-state index in [0.717, 1.165) is 18.3 Å². The van der Waals surface area contributed by atoms with Gasteiger partial charge in [0.1, 0.15) is 5.82 Å². The van der Waals surface area contributed by atoms with Crippen molar-refractivity contribution >= 4 is 0 Å². The number of rotatable bonds is 3. The van der Waals surface area contributed by atoms with Crippen LogP contribution in [0.15, 0.2) is 6.20 Å². The Hall–Kier alpha value is -0.830. The zero-order chi connectivity index (χ0) is 8.39. The SMILES string of the molecule is CNCc1ncc(C2CCC2)[nH]1. The zero-order valence-corrected chi connectivity index (χ0v) is 7.43. The molecule has 1 heterocycles. The van der Waals surface area contributed by atoms with Crippen LogP contribution < -0.4 is 5.32 Å². The van der Waals surface area contributed by atoms with Crippen LogP contribution in [-0.4, -0.2) is 17.0 Å². The molecule has 1 fully saturated rings. The highest BCUT2D eigenvalue weighted by atomic mass is 15.0. The molecular weight excluding hydrogens is 150 g/mol. The molecular formula is C9H15N3. The lowest BCUT2D eigenvalue weighted by molar-refractivity contribution is 0.412. The molecule has 1 aromatic heterocycles. The third-order valence-electron chi connectivity index (χ3n) is 2.54. The summed E-state index contributed by atoms with van der Waals surface area (Å²) < 4.78 is 0. The lowest BCUT2D eigenvalue weighted by Gasteiger charge is -2.23. The minimum absolute atomic E-state index is 0.767. The largest absolute Gasteiger partial charge is 0.345 e. The first-order valence-electron chi connectivity index (χ1n) is 4.58. The van der Waals surface area contributed by atoms with E-state index in [1.165, 1.54) is 25.0 Å². The summed E-state index contributed by atoms with van der Waals surface area (Å²) in [4.78, 5) is 7.63. The fraction of sp³-hybridized carbons (Fsp3) is 0.667. The van der Waals surface area contributed by atoms with Gasteiger partial charge < -0.3 is 10.3 Å². The van der Waals surface area contributed by atoms with Crippen molar-refractivity contribution in [2.24, 2.45) is 0 Å². The molecule has 1 aliphatic rings. The van der Waals surface area contributed by atoms with E-state index in [1.807, 2.05) is 13.2 Å².